The standard InChI is InChI=1S/C21H22N8OS/c1-4-5-17-20(31-28-24-17)21(30)23-16-8-6-15(7-9-16)22-18-10-11-19(26-25-18)29-14(3)12-13(2)27-29/h6-12H,4-5H2,1-3H3,(H,22,25)(H,23,30). The van der Waals surface area contributed by atoms with Gasteiger partial charge in [-0.3, -0.25) is 4.79 Å². The first kappa shape index (κ1) is 20.6. The first-order valence-corrected chi connectivity index (χ1v) is 10.7. The fraction of sp³-hybridized carbons (Fsp3) is 0.238. The predicted molar refractivity (Wildman–Crippen MR) is 120 cm³/mol. The van der Waals surface area contributed by atoms with E-state index in [1.807, 2.05) is 63.2 Å². The van der Waals surface area contributed by atoms with Crippen molar-refractivity contribution in [2.75, 3.05) is 10.6 Å². The maximum absolute atomic E-state index is 12.5. The Balaban J connectivity index is 1.40. The van der Waals surface area contributed by atoms with Gasteiger partial charge in [0.05, 0.1) is 11.4 Å². The second-order valence-corrected chi connectivity index (χ2v) is 7.83. The summed E-state index contributed by atoms with van der Waals surface area (Å²) in [4.78, 5) is 13.1. The molecule has 0 saturated carbocycles. The monoisotopic (exact) mass is 434 g/mol. The summed E-state index contributed by atoms with van der Waals surface area (Å²) < 4.78 is 5.66. The maximum Gasteiger partial charge on any atom is 0.269 e. The number of nitrogens with zero attached hydrogens (tertiary/aromatic N) is 6. The van der Waals surface area contributed by atoms with Crippen LogP contribution >= 0.6 is 11.5 Å². The molecule has 158 valence electrons. The van der Waals surface area contributed by atoms with Gasteiger partial charge in [0.15, 0.2) is 11.6 Å². The number of carbonyl (C=O) groups excluding carboxylic acids is 1. The summed E-state index contributed by atoms with van der Waals surface area (Å²) in [6.45, 7) is 5.96. The lowest BCUT2D eigenvalue weighted by Crippen LogP contribution is -2.12. The van der Waals surface area contributed by atoms with Crippen LogP contribution in [0.3, 0.4) is 0 Å². The number of amides is 1. The number of aryl methyl sites for hydroxylation is 3. The van der Waals surface area contributed by atoms with Crippen LogP contribution in [-0.4, -0.2) is 35.5 Å². The van der Waals surface area contributed by atoms with Gasteiger partial charge in [0.1, 0.15) is 4.88 Å². The molecule has 0 fully saturated rings. The normalized spacial score (nSPS) is 10.8. The minimum absolute atomic E-state index is 0.190. The van der Waals surface area contributed by atoms with Crippen LogP contribution < -0.4 is 10.6 Å². The van der Waals surface area contributed by atoms with Crippen LogP contribution in [0.4, 0.5) is 17.2 Å². The Kier molecular flexibility index (Phi) is 5.99. The van der Waals surface area contributed by atoms with Crippen molar-refractivity contribution in [1.82, 2.24) is 29.6 Å². The second kappa shape index (κ2) is 9.00. The number of hydrogen-bond donors (Lipinski definition) is 2. The Morgan fingerprint density at radius 3 is 2.45 bits per heavy atom. The molecule has 10 heteroatoms. The van der Waals surface area contributed by atoms with Gasteiger partial charge in [0, 0.05) is 17.1 Å². The second-order valence-electron chi connectivity index (χ2n) is 7.07. The molecule has 0 aliphatic carbocycles. The largest absolute Gasteiger partial charge is 0.339 e. The summed E-state index contributed by atoms with van der Waals surface area (Å²) in [6.07, 6.45) is 1.65. The van der Waals surface area contributed by atoms with E-state index in [-0.39, 0.29) is 5.91 Å². The van der Waals surface area contributed by atoms with Crippen LogP contribution in [0, 0.1) is 13.8 Å². The van der Waals surface area contributed by atoms with Crippen LogP contribution in [0.1, 0.15) is 40.1 Å². The molecule has 4 rings (SSSR count). The van der Waals surface area contributed by atoms with Gasteiger partial charge in [-0.1, -0.05) is 17.8 Å². The molecule has 3 heterocycles. The number of benzene rings is 1. The van der Waals surface area contributed by atoms with E-state index >= 15 is 0 Å². The lowest BCUT2D eigenvalue weighted by molar-refractivity contribution is 0.102. The molecule has 0 atom stereocenters. The molecule has 0 bridgehead atoms. The third kappa shape index (κ3) is 4.75. The molecular formula is C21H22N8OS. The Bertz CT molecular complexity index is 1180. The number of rotatable bonds is 7. The molecule has 1 amide bonds. The highest BCUT2D eigenvalue weighted by Crippen LogP contribution is 2.20. The molecule has 3 aromatic heterocycles. The van der Waals surface area contributed by atoms with Crippen LogP contribution in [-0.2, 0) is 6.42 Å². The predicted octanol–water partition coefficient (Wildman–Crippen LogP) is 4.08. The quantitative estimate of drug-likeness (QED) is 0.451. The van der Waals surface area contributed by atoms with E-state index in [2.05, 4.69) is 35.5 Å². The third-order valence-electron chi connectivity index (χ3n) is 4.54. The van der Waals surface area contributed by atoms with E-state index in [1.165, 1.54) is 0 Å². The van der Waals surface area contributed by atoms with E-state index in [9.17, 15) is 4.79 Å². The highest BCUT2D eigenvalue weighted by molar-refractivity contribution is 7.08. The summed E-state index contributed by atoms with van der Waals surface area (Å²) in [6, 6.07) is 13.1. The minimum Gasteiger partial charge on any atom is -0.339 e. The van der Waals surface area contributed by atoms with E-state index in [0.29, 0.717) is 22.2 Å². The molecule has 0 spiro atoms. The van der Waals surface area contributed by atoms with Gasteiger partial charge in [0.25, 0.3) is 5.91 Å². The number of hydrogen-bond acceptors (Lipinski definition) is 8. The van der Waals surface area contributed by atoms with Crippen LogP contribution in [0.15, 0.2) is 42.5 Å². The first-order chi connectivity index (χ1) is 15.0. The summed E-state index contributed by atoms with van der Waals surface area (Å²) in [5.41, 5.74) is 4.20. The van der Waals surface area contributed by atoms with Gasteiger partial charge in [-0.05, 0) is 74.3 Å². The van der Waals surface area contributed by atoms with Crippen molar-refractivity contribution < 1.29 is 4.79 Å². The number of nitrogens with one attached hydrogen (secondary N) is 2. The molecule has 31 heavy (non-hydrogen) atoms. The van der Waals surface area contributed by atoms with Crippen LogP contribution in [0.5, 0.6) is 0 Å². The zero-order valence-corrected chi connectivity index (χ0v) is 18.3. The number of carbonyl (C=O) groups is 1. The van der Waals surface area contributed by atoms with Crippen LogP contribution in [0.25, 0.3) is 5.82 Å². The Labute approximate surface area is 183 Å². The van der Waals surface area contributed by atoms with Crippen molar-refractivity contribution in [3.05, 3.63) is 64.4 Å². The zero-order chi connectivity index (χ0) is 21.8. The first-order valence-electron chi connectivity index (χ1n) is 9.90. The van der Waals surface area contributed by atoms with Crippen molar-refractivity contribution >= 4 is 34.6 Å². The molecule has 0 aliphatic rings. The SMILES string of the molecule is CCCc1nnsc1C(=O)Nc1ccc(Nc2ccc(-n3nc(C)cc3C)nn2)cc1. The topological polar surface area (TPSA) is 111 Å². The zero-order valence-electron chi connectivity index (χ0n) is 17.5. The Morgan fingerprint density at radius 1 is 1.03 bits per heavy atom. The summed E-state index contributed by atoms with van der Waals surface area (Å²) in [5, 5.41) is 23.0. The number of anilines is 3. The van der Waals surface area contributed by atoms with E-state index in [1.54, 1.807) is 4.68 Å². The summed E-state index contributed by atoms with van der Waals surface area (Å²) in [5.74, 6) is 1.08. The van der Waals surface area contributed by atoms with E-state index < -0.39 is 0 Å². The molecule has 2 N–H and O–H groups in total. The minimum atomic E-state index is -0.190. The maximum atomic E-state index is 12.5. The van der Waals surface area contributed by atoms with Gasteiger partial charge in [-0.25, -0.2) is 4.68 Å². The Hall–Kier alpha value is -3.66. The van der Waals surface area contributed by atoms with Crippen molar-refractivity contribution in [3.8, 4) is 5.82 Å². The van der Waals surface area contributed by atoms with Gasteiger partial charge >= 0.3 is 0 Å². The lowest BCUT2D eigenvalue weighted by atomic mass is 10.2. The molecule has 1 aromatic carbocycles. The van der Waals surface area contributed by atoms with Crippen molar-refractivity contribution in [1.29, 1.82) is 0 Å². The molecule has 0 radical (unpaired) electrons. The average Bonchev–Trinajstić information content (AvgIpc) is 3.36. The molecule has 0 saturated heterocycles. The highest BCUT2D eigenvalue weighted by atomic mass is 32.1. The van der Waals surface area contributed by atoms with Gasteiger partial charge in [-0.15, -0.1) is 15.3 Å². The van der Waals surface area contributed by atoms with Crippen LogP contribution in [0.2, 0.25) is 0 Å². The van der Waals surface area contributed by atoms with E-state index in [0.717, 1.165) is 47.1 Å². The number of aromatic nitrogens is 6. The fourth-order valence-electron chi connectivity index (χ4n) is 3.12. The fourth-order valence-corrected chi connectivity index (χ4v) is 3.72. The van der Waals surface area contributed by atoms with Gasteiger partial charge in [0.2, 0.25) is 0 Å². The third-order valence-corrected chi connectivity index (χ3v) is 5.31. The highest BCUT2D eigenvalue weighted by Gasteiger charge is 2.15. The molecule has 9 nitrogen and oxygen atoms in total. The van der Waals surface area contributed by atoms with Crippen molar-refractivity contribution in [3.63, 3.8) is 0 Å². The van der Waals surface area contributed by atoms with Gasteiger partial charge < -0.3 is 10.6 Å². The van der Waals surface area contributed by atoms with E-state index in [4.69, 9.17) is 0 Å². The smallest absolute Gasteiger partial charge is 0.269 e. The molecular weight excluding hydrogens is 412 g/mol. The lowest BCUT2D eigenvalue weighted by Gasteiger charge is -2.08. The summed E-state index contributed by atoms with van der Waals surface area (Å²) in [7, 11) is 0. The summed E-state index contributed by atoms with van der Waals surface area (Å²) >= 11 is 1.12. The molecule has 0 aliphatic heterocycles. The molecule has 4 aromatic rings. The average molecular weight is 435 g/mol. The van der Waals surface area contributed by atoms with Gasteiger partial charge in [-0.2, -0.15) is 5.10 Å². The molecule has 0 unspecified atom stereocenters. The van der Waals surface area contributed by atoms with Crippen molar-refractivity contribution in [2.24, 2.45) is 0 Å². The Morgan fingerprint density at radius 2 is 1.81 bits per heavy atom. The van der Waals surface area contributed by atoms with Crippen molar-refractivity contribution in [2.45, 2.75) is 33.6 Å².